The minimum absolute atomic E-state index is 0.109. The molecular formula is C12H12N2O2. The summed E-state index contributed by atoms with van der Waals surface area (Å²) >= 11 is 0. The van der Waals surface area contributed by atoms with E-state index in [2.05, 4.69) is 10.6 Å². The molecule has 1 fully saturated rings. The molecule has 0 radical (unpaired) electrons. The molecule has 1 aliphatic heterocycles. The van der Waals surface area contributed by atoms with Gasteiger partial charge < -0.3 is 10.6 Å². The van der Waals surface area contributed by atoms with Gasteiger partial charge in [0.2, 0.25) is 0 Å². The van der Waals surface area contributed by atoms with Gasteiger partial charge in [-0.25, -0.2) is 0 Å². The molecule has 0 unspecified atom stereocenters. The van der Waals surface area contributed by atoms with Crippen LogP contribution < -0.4 is 10.6 Å². The van der Waals surface area contributed by atoms with E-state index < -0.39 is 0 Å². The van der Waals surface area contributed by atoms with Crippen LogP contribution in [0.25, 0.3) is 0 Å². The summed E-state index contributed by atoms with van der Waals surface area (Å²) in [5, 5.41) is 5.43. The Labute approximate surface area is 93.3 Å². The van der Waals surface area contributed by atoms with Crippen LogP contribution in [0.4, 0.5) is 0 Å². The summed E-state index contributed by atoms with van der Waals surface area (Å²) in [4.78, 5) is 22.4. The van der Waals surface area contributed by atoms with Gasteiger partial charge in [-0.2, -0.15) is 0 Å². The first-order valence-corrected chi connectivity index (χ1v) is 5.06. The monoisotopic (exact) mass is 216 g/mol. The highest BCUT2D eigenvalue weighted by atomic mass is 16.2. The van der Waals surface area contributed by atoms with Gasteiger partial charge in [0.15, 0.2) is 5.78 Å². The van der Waals surface area contributed by atoms with Crippen molar-refractivity contribution < 1.29 is 9.59 Å². The predicted octanol–water partition coefficient (Wildman–Crippen LogP) is 0.359. The Morgan fingerprint density at radius 2 is 2.00 bits per heavy atom. The zero-order valence-electron chi connectivity index (χ0n) is 8.69. The van der Waals surface area contributed by atoms with E-state index in [9.17, 15) is 9.59 Å². The van der Waals surface area contributed by atoms with Gasteiger partial charge in [0.25, 0.3) is 5.91 Å². The van der Waals surface area contributed by atoms with Gasteiger partial charge in [-0.05, 0) is 5.56 Å². The molecule has 0 aromatic heterocycles. The fourth-order valence-electron chi connectivity index (χ4n) is 1.49. The Balaban J connectivity index is 1.95. The van der Waals surface area contributed by atoms with E-state index in [0.29, 0.717) is 6.54 Å². The van der Waals surface area contributed by atoms with Crippen molar-refractivity contribution in [2.45, 2.75) is 6.54 Å². The van der Waals surface area contributed by atoms with Gasteiger partial charge in [0.1, 0.15) is 0 Å². The Kier molecular flexibility index (Phi) is 3.00. The van der Waals surface area contributed by atoms with Crippen LogP contribution in [0.15, 0.2) is 42.1 Å². The molecule has 1 aromatic carbocycles. The van der Waals surface area contributed by atoms with Crippen molar-refractivity contribution in [1.82, 2.24) is 10.6 Å². The summed E-state index contributed by atoms with van der Waals surface area (Å²) in [6.45, 7) is 0.711. The zero-order valence-corrected chi connectivity index (χ0v) is 8.69. The molecule has 2 rings (SSSR count). The van der Waals surface area contributed by atoms with Crippen molar-refractivity contribution in [2.75, 3.05) is 6.54 Å². The summed E-state index contributed by atoms with van der Waals surface area (Å²) in [6.07, 6.45) is 1.48. The van der Waals surface area contributed by atoms with Crippen LogP contribution in [0.2, 0.25) is 0 Å². The maximum Gasteiger partial charge on any atom is 0.256 e. The number of Topliss-reactive ketones (excluding diaryl/α,β-unsaturated/α-hetero) is 1. The SMILES string of the molecule is O=C1CNC(=O)/C1=C\NCc1ccccc1. The lowest BCUT2D eigenvalue weighted by molar-refractivity contribution is -0.117. The van der Waals surface area contributed by atoms with Crippen LogP contribution in [0.1, 0.15) is 5.56 Å². The van der Waals surface area contributed by atoms with E-state index in [0.717, 1.165) is 5.56 Å². The second kappa shape index (κ2) is 4.61. The number of rotatable bonds is 3. The van der Waals surface area contributed by atoms with Crippen LogP contribution in [-0.2, 0) is 16.1 Å². The molecule has 4 nitrogen and oxygen atoms in total. The highest BCUT2D eigenvalue weighted by Gasteiger charge is 2.24. The molecule has 1 aromatic rings. The Bertz CT molecular complexity index is 420. The molecule has 4 heteroatoms. The van der Waals surface area contributed by atoms with Crippen molar-refractivity contribution in [3.63, 3.8) is 0 Å². The van der Waals surface area contributed by atoms with E-state index in [-0.39, 0.29) is 23.8 Å². The third-order valence-corrected chi connectivity index (χ3v) is 2.35. The van der Waals surface area contributed by atoms with Crippen LogP contribution in [0, 0.1) is 0 Å². The lowest BCUT2D eigenvalue weighted by atomic mass is 10.2. The number of benzene rings is 1. The number of amides is 1. The topological polar surface area (TPSA) is 58.2 Å². The van der Waals surface area contributed by atoms with Gasteiger partial charge in [-0.15, -0.1) is 0 Å². The molecular weight excluding hydrogens is 204 g/mol. The molecule has 0 bridgehead atoms. The van der Waals surface area contributed by atoms with Gasteiger partial charge in [-0.3, -0.25) is 9.59 Å². The third-order valence-electron chi connectivity index (χ3n) is 2.35. The van der Waals surface area contributed by atoms with Crippen molar-refractivity contribution in [1.29, 1.82) is 0 Å². The number of carbonyl (C=O) groups is 2. The first-order chi connectivity index (χ1) is 7.77. The quantitative estimate of drug-likeness (QED) is 0.566. The lowest BCUT2D eigenvalue weighted by Crippen LogP contribution is -2.15. The number of nitrogens with one attached hydrogen (secondary N) is 2. The highest BCUT2D eigenvalue weighted by molar-refractivity contribution is 6.24. The Morgan fingerprint density at radius 1 is 1.25 bits per heavy atom. The average molecular weight is 216 g/mol. The summed E-state index contributed by atoms with van der Waals surface area (Å²) < 4.78 is 0. The van der Waals surface area contributed by atoms with Crippen molar-refractivity contribution in [3.8, 4) is 0 Å². The Morgan fingerprint density at radius 3 is 2.62 bits per heavy atom. The van der Waals surface area contributed by atoms with Crippen LogP contribution >= 0.6 is 0 Å². The summed E-state index contributed by atoms with van der Waals surface area (Å²) in [6, 6.07) is 9.77. The van der Waals surface area contributed by atoms with Gasteiger partial charge in [0, 0.05) is 12.7 Å². The van der Waals surface area contributed by atoms with E-state index >= 15 is 0 Å². The summed E-state index contributed by atoms with van der Waals surface area (Å²) in [5.74, 6) is -0.462. The summed E-state index contributed by atoms with van der Waals surface area (Å²) in [7, 11) is 0. The standard InChI is InChI=1S/C12H12N2O2/c15-11-8-14-12(16)10(11)7-13-6-9-4-2-1-3-5-9/h1-5,7,13H,6,8H2,(H,14,16)/b10-7-. The van der Waals surface area contributed by atoms with Gasteiger partial charge in [0.05, 0.1) is 12.1 Å². The van der Waals surface area contributed by atoms with Crippen molar-refractivity contribution in [3.05, 3.63) is 47.7 Å². The van der Waals surface area contributed by atoms with Crippen LogP contribution in [0.3, 0.4) is 0 Å². The average Bonchev–Trinajstić information content (AvgIpc) is 2.62. The van der Waals surface area contributed by atoms with E-state index in [4.69, 9.17) is 0 Å². The van der Waals surface area contributed by atoms with E-state index in [1.807, 2.05) is 30.3 Å². The van der Waals surface area contributed by atoms with Crippen LogP contribution in [-0.4, -0.2) is 18.2 Å². The van der Waals surface area contributed by atoms with Crippen molar-refractivity contribution >= 4 is 11.7 Å². The molecule has 0 aliphatic carbocycles. The van der Waals surface area contributed by atoms with E-state index in [1.54, 1.807) is 0 Å². The molecule has 0 atom stereocenters. The van der Waals surface area contributed by atoms with Crippen LogP contribution in [0.5, 0.6) is 0 Å². The molecule has 16 heavy (non-hydrogen) atoms. The first kappa shape index (κ1) is 10.4. The highest BCUT2D eigenvalue weighted by Crippen LogP contribution is 2.03. The Hall–Kier alpha value is -2.10. The molecule has 2 N–H and O–H groups in total. The maximum atomic E-state index is 11.2. The second-order valence-corrected chi connectivity index (χ2v) is 3.53. The fraction of sp³-hybridized carbons (Fsp3) is 0.167. The lowest BCUT2D eigenvalue weighted by Gasteiger charge is -2.01. The molecule has 0 saturated carbocycles. The largest absolute Gasteiger partial charge is 0.386 e. The fourth-order valence-corrected chi connectivity index (χ4v) is 1.49. The minimum atomic E-state index is -0.300. The van der Waals surface area contributed by atoms with E-state index in [1.165, 1.54) is 6.20 Å². The number of hydrogen-bond donors (Lipinski definition) is 2. The number of carbonyl (C=O) groups excluding carboxylic acids is 2. The number of hydrogen-bond acceptors (Lipinski definition) is 3. The normalized spacial score (nSPS) is 17.6. The zero-order chi connectivity index (χ0) is 11.4. The van der Waals surface area contributed by atoms with Crippen molar-refractivity contribution in [2.24, 2.45) is 0 Å². The molecule has 1 amide bonds. The molecule has 1 heterocycles. The first-order valence-electron chi connectivity index (χ1n) is 5.06. The molecule has 1 saturated heterocycles. The minimum Gasteiger partial charge on any atom is -0.386 e. The summed E-state index contributed by atoms with van der Waals surface area (Å²) in [5.41, 5.74) is 1.31. The molecule has 82 valence electrons. The smallest absolute Gasteiger partial charge is 0.256 e. The molecule has 0 spiro atoms. The predicted molar refractivity (Wildman–Crippen MR) is 59.4 cm³/mol. The number of ketones is 1. The second-order valence-electron chi connectivity index (χ2n) is 3.53. The third kappa shape index (κ3) is 2.28. The molecule has 1 aliphatic rings. The van der Waals surface area contributed by atoms with Gasteiger partial charge in [-0.1, -0.05) is 30.3 Å². The maximum absolute atomic E-state index is 11.2. The van der Waals surface area contributed by atoms with Gasteiger partial charge >= 0.3 is 0 Å².